The summed E-state index contributed by atoms with van der Waals surface area (Å²) in [4.78, 5) is 4.08. The fraction of sp³-hybridized carbons (Fsp3) is 0.500. The average molecular weight is 258 g/mol. The Morgan fingerprint density at radius 2 is 2.50 bits per heavy atom. The van der Waals surface area contributed by atoms with Crippen molar-refractivity contribution in [2.24, 2.45) is 5.92 Å². The first-order chi connectivity index (χ1) is 6.84. The number of halogens is 1. The molecule has 2 rings (SSSR count). The van der Waals surface area contributed by atoms with E-state index in [-0.39, 0.29) is 0 Å². The van der Waals surface area contributed by atoms with Gasteiger partial charge in [-0.2, -0.15) is 0 Å². The minimum absolute atomic E-state index is 0.540. The van der Waals surface area contributed by atoms with Crippen LogP contribution >= 0.6 is 15.9 Å². The van der Waals surface area contributed by atoms with E-state index in [0.29, 0.717) is 5.92 Å². The fourth-order valence-electron chi connectivity index (χ4n) is 1.38. The van der Waals surface area contributed by atoms with Crippen LogP contribution in [0.15, 0.2) is 22.9 Å². The van der Waals surface area contributed by atoms with Crippen LogP contribution in [-0.2, 0) is 4.74 Å². The monoisotopic (exact) mass is 257 g/mol. The third-order valence-corrected chi connectivity index (χ3v) is 2.68. The molecule has 0 saturated carbocycles. The van der Waals surface area contributed by atoms with E-state index >= 15 is 0 Å². The summed E-state index contributed by atoms with van der Waals surface area (Å²) in [5, 5.41) is 0. The fourth-order valence-corrected chi connectivity index (χ4v) is 1.61. The van der Waals surface area contributed by atoms with Gasteiger partial charge in [0.2, 0.25) is 0 Å². The van der Waals surface area contributed by atoms with Crippen molar-refractivity contribution in [2.45, 2.75) is 6.42 Å². The molecule has 0 amide bonds. The molecule has 1 unspecified atom stereocenters. The highest BCUT2D eigenvalue weighted by molar-refractivity contribution is 9.10. The number of nitrogens with zero attached hydrogens (tertiary/aromatic N) is 1. The number of hydrogen-bond acceptors (Lipinski definition) is 3. The molecule has 1 aromatic rings. The van der Waals surface area contributed by atoms with Crippen LogP contribution < -0.4 is 4.74 Å². The summed E-state index contributed by atoms with van der Waals surface area (Å²) in [5.74, 6) is 1.36. The summed E-state index contributed by atoms with van der Waals surface area (Å²) in [5.41, 5.74) is 0. The maximum Gasteiger partial charge on any atom is 0.137 e. The van der Waals surface area contributed by atoms with Crippen molar-refractivity contribution >= 4 is 15.9 Å². The topological polar surface area (TPSA) is 31.4 Å². The molecule has 1 atom stereocenters. The van der Waals surface area contributed by atoms with E-state index in [4.69, 9.17) is 9.47 Å². The Morgan fingerprint density at radius 1 is 1.57 bits per heavy atom. The van der Waals surface area contributed by atoms with E-state index in [9.17, 15) is 0 Å². The molecule has 0 aliphatic carbocycles. The van der Waals surface area contributed by atoms with Gasteiger partial charge in [0.25, 0.3) is 0 Å². The molecule has 1 aromatic heterocycles. The van der Waals surface area contributed by atoms with Crippen molar-refractivity contribution in [1.29, 1.82) is 0 Å². The molecule has 76 valence electrons. The van der Waals surface area contributed by atoms with Crippen molar-refractivity contribution in [3.63, 3.8) is 0 Å². The van der Waals surface area contributed by atoms with E-state index in [0.717, 1.165) is 36.6 Å². The SMILES string of the molecule is Brc1ccc(OCC2CCOC2)cn1. The zero-order chi connectivity index (χ0) is 9.80. The van der Waals surface area contributed by atoms with Crippen LogP contribution in [0, 0.1) is 5.92 Å². The lowest BCUT2D eigenvalue weighted by molar-refractivity contribution is 0.167. The highest BCUT2D eigenvalue weighted by Gasteiger charge is 2.15. The van der Waals surface area contributed by atoms with E-state index < -0.39 is 0 Å². The predicted octanol–water partition coefficient (Wildman–Crippen LogP) is 2.26. The van der Waals surface area contributed by atoms with Gasteiger partial charge in [0.1, 0.15) is 10.4 Å². The molecule has 0 bridgehead atoms. The van der Waals surface area contributed by atoms with Crippen LogP contribution in [-0.4, -0.2) is 24.8 Å². The van der Waals surface area contributed by atoms with Crippen LogP contribution in [0.4, 0.5) is 0 Å². The molecule has 4 heteroatoms. The highest BCUT2D eigenvalue weighted by Crippen LogP contribution is 2.16. The Balaban J connectivity index is 1.82. The molecule has 1 aliphatic heterocycles. The van der Waals surface area contributed by atoms with Crippen molar-refractivity contribution in [3.8, 4) is 5.75 Å². The molecule has 14 heavy (non-hydrogen) atoms. The first-order valence-electron chi connectivity index (χ1n) is 4.67. The van der Waals surface area contributed by atoms with Crippen molar-refractivity contribution in [3.05, 3.63) is 22.9 Å². The number of hydrogen-bond donors (Lipinski definition) is 0. The van der Waals surface area contributed by atoms with Crippen molar-refractivity contribution in [2.75, 3.05) is 19.8 Å². The molecule has 3 nitrogen and oxygen atoms in total. The van der Waals surface area contributed by atoms with Crippen LogP contribution in [0.5, 0.6) is 5.75 Å². The Labute approximate surface area is 91.6 Å². The molecule has 1 aliphatic rings. The summed E-state index contributed by atoms with van der Waals surface area (Å²) >= 11 is 3.28. The van der Waals surface area contributed by atoms with Gasteiger partial charge in [-0.3, -0.25) is 0 Å². The van der Waals surface area contributed by atoms with Gasteiger partial charge in [0.05, 0.1) is 19.4 Å². The summed E-state index contributed by atoms with van der Waals surface area (Å²) in [6.07, 6.45) is 2.82. The maximum absolute atomic E-state index is 5.58. The average Bonchev–Trinajstić information content (AvgIpc) is 2.70. The number of pyridine rings is 1. The summed E-state index contributed by atoms with van der Waals surface area (Å²) < 4.78 is 11.7. The second kappa shape index (κ2) is 4.75. The third-order valence-electron chi connectivity index (χ3n) is 2.21. The van der Waals surface area contributed by atoms with Crippen LogP contribution in [0.3, 0.4) is 0 Å². The van der Waals surface area contributed by atoms with Crippen molar-refractivity contribution in [1.82, 2.24) is 4.98 Å². The third kappa shape index (κ3) is 2.69. The molecule has 0 spiro atoms. The van der Waals surface area contributed by atoms with Gasteiger partial charge in [-0.05, 0) is 34.5 Å². The Hall–Kier alpha value is -0.610. The lowest BCUT2D eigenvalue weighted by atomic mass is 10.1. The quantitative estimate of drug-likeness (QED) is 0.779. The molecule has 1 saturated heterocycles. The molecular formula is C10H12BrNO2. The number of ether oxygens (including phenoxy) is 2. The summed E-state index contributed by atoms with van der Waals surface area (Å²) in [6, 6.07) is 3.79. The molecule has 0 aromatic carbocycles. The van der Waals surface area contributed by atoms with Gasteiger partial charge in [0.15, 0.2) is 0 Å². The minimum Gasteiger partial charge on any atom is -0.492 e. The highest BCUT2D eigenvalue weighted by atomic mass is 79.9. The van der Waals surface area contributed by atoms with Crippen LogP contribution in [0.25, 0.3) is 0 Å². The maximum atomic E-state index is 5.58. The van der Waals surface area contributed by atoms with Crippen molar-refractivity contribution < 1.29 is 9.47 Å². The lowest BCUT2D eigenvalue weighted by Crippen LogP contribution is -2.11. The van der Waals surface area contributed by atoms with Crippen LogP contribution in [0.1, 0.15) is 6.42 Å². The summed E-state index contributed by atoms with van der Waals surface area (Å²) in [6.45, 7) is 2.42. The molecule has 0 N–H and O–H groups in total. The molecule has 1 fully saturated rings. The van der Waals surface area contributed by atoms with Gasteiger partial charge < -0.3 is 9.47 Å². The normalized spacial score (nSPS) is 21.1. The zero-order valence-corrected chi connectivity index (χ0v) is 9.37. The summed E-state index contributed by atoms with van der Waals surface area (Å²) in [7, 11) is 0. The first kappa shape index (κ1) is 9.93. The predicted molar refractivity (Wildman–Crippen MR) is 56.4 cm³/mol. The van der Waals surface area contributed by atoms with Gasteiger partial charge in [0, 0.05) is 12.5 Å². The Morgan fingerprint density at radius 3 is 3.14 bits per heavy atom. The number of rotatable bonds is 3. The Kier molecular flexibility index (Phi) is 3.37. The standard InChI is InChI=1S/C10H12BrNO2/c11-10-2-1-9(5-12-10)14-7-8-3-4-13-6-8/h1-2,5,8H,3-4,6-7H2. The molecular weight excluding hydrogens is 246 g/mol. The lowest BCUT2D eigenvalue weighted by Gasteiger charge is -2.09. The Bertz CT molecular complexity index is 283. The molecule has 2 heterocycles. The largest absolute Gasteiger partial charge is 0.492 e. The van der Waals surface area contributed by atoms with Gasteiger partial charge in [-0.15, -0.1) is 0 Å². The first-order valence-corrected chi connectivity index (χ1v) is 5.46. The second-order valence-corrected chi connectivity index (χ2v) is 4.17. The van der Waals surface area contributed by atoms with E-state index in [1.807, 2.05) is 12.1 Å². The second-order valence-electron chi connectivity index (χ2n) is 3.36. The van der Waals surface area contributed by atoms with Gasteiger partial charge >= 0.3 is 0 Å². The van der Waals surface area contributed by atoms with Gasteiger partial charge in [-0.25, -0.2) is 4.98 Å². The zero-order valence-electron chi connectivity index (χ0n) is 7.78. The van der Waals surface area contributed by atoms with Crippen LogP contribution in [0.2, 0.25) is 0 Å². The number of aromatic nitrogens is 1. The minimum atomic E-state index is 0.540. The molecule has 0 radical (unpaired) electrons. The van der Waals surface area contributed by atoms with Gasteiger partial charge in [-0.1, -0.05) is 0 Å². The van der Waals surface area contributed by atoms with E-state index in [2.05, 4.69) is 20.9 Å². The smallest absolute Gasteiger partial charge is 0.137 e. The van der Waals surface area contributed by atoms with E-state index in [1.165, 1.54) is 0 Å². The van der Waals surface area contributed by atoms with E-state index in [1.54, 1.807) is 6.20 Å².